The molecule has 0 aliphatic heterocycles. The highest BCUT2D eigenvalue weighted by Crippen LogP contribution is 2.25. The lowest BCUT2D eigenvalue weighted by atomic mass is 10.1. The zero-order valence-electron chi connectivity index (χ0n) is 14.4. The maximum Gasteiger partial charge on any atom is 0.268 e. The van der Waals surface area contributed by atoms with Crippen LogP contribution in [0.25, 0.3) is 0 Å². The molecule has 0 fully saturated rings. The highest BCUT2D eigenvalue weighted by Gasteiger charge is 2.15. The van der Waals surface area contributed by atoms with Crippen molar-refractivity contribution in [2.24, 2.45) is 13.0 Å². The molecular weight excluding hydrogens is 361 g/mol. The van der Waals surface area contributed by atoms with E-state index < -0.39 is 0 Å². The van der Waals surface area contributed by atoms with Crippen molar-refractivity contribution in [3.8, 4) is 0 Å². The first-order valence-corrected chi connectivity index (χ1v) is 8.71. The van der Waals surface area contributed by atoms with Crippen molar-refractivity contribution in [1.29, 1.82) is 0 Å². The van der Waals surface area contributed by atoms with E-state index >= 15 is 0 Å². The summed E-state index contributed by atoms with van der Waals surface area (Å²) in [5.41, 5.74) is 1.97. The quantitative estimate of drug-likeness (QED) is 0.785. The molecule has 134 valence electrons. The molecular formula is C18H21Cl2N3O2. The predicted molar refractivity (Wildman–Crippen MR) is 101 cm³/mol. The Hall–Kier alpha value is -1.98. The fourth-order valence-corrected chi connectivity index (χ4v) is 2.75. The largest absolute Gasteiger partial charge is 0.347 e. The van der Waals surface area contributed by atoms with Crippen LogP contribution in [0.2, 0.25) is 10.2 Å². The number of halogens is 2. The van der Waals surface area contributed by atoms with Crippen LogP contribution in [0, 0.1) is 5.92 Å². The molecule has 25 heavy (non-hydrogen) atoms. The van der Waals surface area contributed by atoms with Crippen LogP contribution in [0.3, 0.4) is 0 Å². The van der Waals surface area contributed by atoms with Crippen molar-refractivity contribution in [3.05, 3.63) is 51.8 Å². The number of hydrogen-bond acceptors (Lipinski definition) is 2. The van der Waals surface area contributed by atoms with E-state index in [9.17, 15) is 9.59 Å². The van der Waals surface area contributed by atoms with Crippen LogP contribution < -0.4 is 10.6 Å². The third-order valence-corrected chi connectivity index (χ3v) is 4.45. The maximum absolute atomic E-state index is 12.3. The number of anilines is 1. The summed E-state index contributed by atoms with van der Waals surface area (Å²) in [6.45, 7) is 4.31. The number of rotatable bonds is 6. The second-order valence-corrected chi connectivity index (χ2v) is 7.02. The Morgan fingerprint density at radius 2 is 1.92 bits per heavy atom. The Morgan fingerprint density at radius 1 is 1.20 bits per heavy atom. The number of benzene rings is 1. The standard InChI is InChI=1S/C18H21Cl2N3O2/c1-11(2)7-16(24)22-13-6-4-5-12(8-13)10-21-18(25)15-9-14(19)17(20)23(15)3/h4-6,8-9,11H,7,10H2,1-3H3,(H,21,25)(H,22,24). The maximum atomic E-state index is 12.3. The van der Waals surface area contributed by atoms with E-state index in [1.807, 2.05) is 38.1 Å². The second kappa shape index (κ2) is 8.41. The van der Waals surface area contributed by atoms with Gasteiger partial charge >= 0.3 is 0 Å². The summed E-state index contributed by atoms with van der Waals surface area (Å²) in [4.78, 5) is 24.1. The van der Waals surface area contributed by atoms with Crippen LogP contribution in [-0.4, -0.2) is 16.4 Å². The number of carbonyl (C=O) groups excluding carboxylic acids is 2. The van der Waals surface area contributed by atoms with E-state index in [1.165, 1.54) is 10.6 Å². The van der Waals surface area contributed by atoms with Crippen LogP contribution in [0.15, 0.2) is 30.3 Å². The first-order chi connectivity index (χ1) is 11.8. The molecule has 7 heteroatoms. The molecule has 0 saturated heterocycles. The molecule has 0 bridgehead atoms. The Balaban J connectivity index is 1.99. The lowest BCUT2D eigenvalue weighted by Crippen LogP contribution is -2.25. The van der Waals surface area contributed by atoms with Crippen molar-refractivity contribution < 1.29 is 9.59 Å². The smallest absolute Gasteiger partial charge is 0.268 e. The topological polar surface area (TPSA) is 63.1 Å². The summed E-state index contributed by atoms with van der Waals surface area (Å²) >= 11 is 11.9. The average molecular weight is 382 g/mol. The summed E-state index contributed by atoms with van der Waals surface area (Å²) in [6.07, 6.45) is 0.468. The van der Waals surface area contributed by atoms with Gasteiger partial charge in [-0.05, 0) is 29.7 Å². The van der Waals surface area contributed by atoms with Gasteiger partial charge in [0.05, 0.1) is 5.02 Å². The lowest BCUT2D eigenvalue weighted by molar-refractivity contribution is -0.116. The summed E-state index contributed by atoms with van der Waals surface area (Å²) in [7, 11) is 1.67. The number of nitrogens with one attached hydrogen (secondary N) is 2. The minimum Gasteiger partial charge on any atom is -0.347 e. The fraction of sp³-hybridized carbons (Fsp3) is 0.333. The zero-order valence-corrected chi connectivity index (χ0v) is 15.9. The van der Waals surface area contributed by atoms with Gasteiger partial charge in [-0.3, -0.25) is 9.59 Å². The molecule has 1 heterocycles. The van der Waals surface area contributed by atoms with Crippen molar-refractivity contribution in [1.82, 2.24) is 9.88 Å². The van der Waals surface area contributed by atoms with Crippen LogP contribution in [0.4, 0.5) is 5.69 Å². The summed E-state index contributed by atoms with van der Waals surface area (Å²) in [6, 6.07) is 8.90. The van der Waals surface area contributed by atoms with Gasteiger partial charge in [-0.15, -0.1) is 0 Å². The predicted octanol–water partition coefficient (Wildman–Crippen LogP) is 4.25. The van der Waals surface area contributed by atoms with E-state index in [0.717, 1.165) is 5.56 Å². The summed E-state index contributed by atoms with van der Waals surface area (Å²) in [5.74, 6) is 0.00114. The van der Waals surface area contributed by atoms with Gasteiger partial charge in [0.1, 0.15) is 10.8 Å². The van der Waals surface area contributed by atoms with Gasteiger partial charge < -0.3 is 15.2 Å². The lowest BCUT2D eigenvalue weighted by Gasteiger charge is -2.10. The normalized spacial score (nSPS) is 10.8. The molecule has 0 aliphatic rings. The minimum absolute atomic E-state index is 0.0238. The molecule has 2 amide bonds. The van der Waals surface area contributed by atoms with E-state index in [4.69, 9.17) is 23.2 Å². The van der Waals surface area contributed by atoms with Crippen molar-refractivity contribution in [2.75, 3.05) is 5.32 Å². The molecule has 1 aromatic carbocycles. The third-order valence-electron chi connectivity index (χ3n) is 3.61. The summed E-state index contributed by atoms with van der Waals surface area (Å²) in [5, 5.41) is 6.34. The van der Waals surface area contributed by atoms with Crippen molar-refractivity contribution >= 4 is 40.7 Å². The Morgan fingerprint density at radius 3 is 2.52 bits per heavy atom. The Kier molecular flexibility index (Phi) is 6.51. The number of hydrogen-bond donors (Lipinski definition) is 2. The average Bonchev–Trinajstić information content (AvgIpc) is 2.80. The highest BCUT2D eigenvalue weighted by molar-refractivity contribution is 6.41. The fourth-order valence-electron chi connectivity index (χ4n) is 2.37. The van der Waals surface area contributed by atoms with Crippen molar-refractivity contribution in [3.63, 3.8) is 0 Å². The molecule has 0 aliphatic carbocycles. The van der Waals surface area contributed by atoms with Gasteiger partial charge in [0.15, 0.2) is 0 Å². The van der Waals surface area contributed by atoms with Gasteiger partial charge in [-0.25, -0.2) is 0 Å². The van der Waals surface area contributed by atoms with Crippen LogP contribution in [0.1, 0.15) is 36.3 Å². The molecule has 0 unspecified atom stereocenters. The molecule has 0 atom stereocenters. The molecule has 5 nitrogen and oxygen atoms in total. The summed E-state index contributed by atoms with van der Waals surface area (Å²) < 4.78 is 1.53. The molecule has 0 spiro atoms. The van der Waals surface area contributed by atoms with Gasteiger partial charge in [-0.2, -0.15) is 0 Å². The monoisotopic (exact) mass is 381 g/mol. The van der Waals surface area contributed by atoms with Crippen LogP contribution in [0.5, 0.6) is 0 Å². The molecule has 2 N–H and O–H groups in total. The van der Waals surface area contributed by atoms with Crippen LogP contribution >= 0.6 is 23.2 Å². The number of carbonyl (C=O) groups is 2. The molecule has 0 radical (unpaired) electrons. The second-order valence-electron chi connectivity index (χ2n) is 6.26. The Labute approximate surface area is 157 Å². The SMILES string of the molecule is CC(C)CC(=O)Nc1cccc(CNC(=O)c2cc(Cl)c(Cl)n2C)c1. The number of amides is 2. The molecule has 1 aromatic heterocycles. The third kappa shape index (κ3) is 5.25. The van der Waals surface area contributed by atoms with E-state index in [0.29, 0.717) is 40.4 Å². The van der Waals surface area contributed by atoms with Gasteiger partial charge in [-0.1, -0.05) is 49.2 Å². The number of aromatic nitrogens is 1. The van der Waals surface area contributed by atoms with Gasteiger partial charge in [0.2, 0.25) is 5.91 Å². The van der Waals surface area contributed by atoms with Gasteiger partial charge in [0.25, 0.3) is 5.91 Å². The molecule has 2 aromatic rings. The number of nitrogens with zero attached hydrogens (tertiary/aromatic N) is 1. The molecule has 0 saturated carbocycles. The zero-order chi connectivity index (χ0) is 18.6. The van der Waals surface area contributed by atoms with E-state index in [-0.39, 0.29) is 11.8 Å². The Bertz CT molecular complexity index is 785. The van der Waals surface area contributed by atoms with Crippen LogP contribution in [-0.2, 0) is 18.4 Å². The minimum atomic E-state index is -0.273. The van der Waals surface area contributed by atoms with Gasteiger partial charge in [0, 0.05) is 25.7 Å². The van der Waals surface area contributed by atoms with E-state index in [2.05, 4.69) is 10.6 Å². The first-order valence-electron chi connectivity index (χ1n) is 7.95. The highest BCUT2D eigenvalue weighted by atomic mass is 35.5. The molecule has 2 rings (SSSR count). The van der Waals surface area contributed by atoms with E-state index in [1.54, 1.807) is 7.05 Å². The van der Waals surface area contributed by atoms with Crippen molar-refractivity contribution in [2.45, 2.75) is 26.8 Å². The first kappa shape index (κ1) is 19.3.